The van der Waals surface area contributed by atoms with Gasteiger partial charge in [-0.15, -0.1) is 0 Å². The van der Waals surface area contributed by atoms with Crippen LogP contribution in [0.3, 0.4) is 0 Å². The van der Waals surface area contributed by atoms with Gasteiger partial charge in [0.05, 0.1) is 18.8 Å². The number of halogens is 4. The number of carboxylic acid groups (broad SMARTS) is 1. The molecule has 4 aromatic rings. The first-order valence-corrected chi connectivity index (χ1v) is 15.5. The predicted octanol–water partition coefficient (Wildman–Crippen LogP) is 8.01. The molecule has 0 amide bonds. The molecule has 1 saturated carbocycles. The number of para-hydroxylation sites is 1. The number of imidazole rings is 1. The molecule has 0 bridgehead atoms. The second-order valence-corrected chi connectivity index (χ2v) is 12.9. The van der Waals surface area contributed by atoms with Crippen LogP contribution in [0.25, 0.3) is 17.0 Å². The second-order valence-electron chi connectivity index (χ2n) is 12.1. The summed E-state index contributed by atoms with van der Waals surface area (Å²) in [7, 11) is 0. The number of nitrogens with zero attached hydrogens (tertiary/aromatic N) is 4. The molecule has 1 saturated heterocycles. The van der Waals surface area contributed by atoms with E-state index in [0.29, 0.717) is 51.2 Å². The zero-order chi connectivity index (χ0) is 30.6. The van der Waals surface area contributed by atoms with Gasteiger partial charge >= 0.3 is 5.97 Å². The Morgan fingerprint density at radius 2 is 1.86 bits per heavy atom. The van der Waals surface area contributed by atoms with Crippen LogP contribution in [0.4, 0.5) is 8.78 Å². The van der Waals surface area contributed by atoms with Crippen molar-refractivity contribution < 1.29 is 23.4 Å². The highest BCUT2D eigenvalue weighted by Gasteiger charge is 2.44. The average Bonchev–Trinajstić information content (AvgIpc) is 3.72. The Bertz CT molecular complexity index is 1800. The van der Waals surface area contributed by atoms with Gasteiger partial charge in [-0.05, 0) is 86.7 Å². The van der Waals surface area contributed by atoms with E-state index in [-0.39, 0.29) is 17.4 Å². The maximum absolute atomic E-state index is 15.4. The van der Waals surface area contributed by atoms with Gasteiger partial charge in [0.1, 0.15) is 29.0 Å². The fraction of sp³-hybridized carbons (Fsp3) is 0.364. The van der Waals surface area contributed by atoms with E-state index in [1.807, 2.05) is 16.7 Å². The molecule has 0 spiro atoms. The lowest BCUT2D eigenvalue weighted by atomic mass is 9.86. The van der Waals surface area contributed by atoms with Crippen LogP contribution in [0.1, 0.15) is 70.7 Å². The molecule has 2 aromatic carbocycles. The van der Waals surface area contributed by atoms with Crippen molar-refractivity contribution in [3.05, 3.63) is 92.9 Å². The van der Waals surface area contributed by atoms with Crippen molar-refractivity contribution in [1.82, 2.24) is 19.4 Å². The molecule has 2 fully saturated rings. The van der Waals surface area contributed by atoms with Crippen LogP contribution < -0.4 is 4.74 Å². The van der Waals surface area contributed by atoms with Gasteiger partial charge in [-0.3, -0.25) is 9.29 Å². The molecule has 228 valence electrons. The quantitative estimate of drug-likeness (QED) is 0.211. The average molecular weight is 640 g/mol. The molecule has 7 nitrogen and oxygen atoms in total. The van der Waals surface area contributed by atoms with Crippen LogP contribution in [-0.4, -0.2) is 50.3 Å². The Labute approximate surface area is 263 Å². The van der Waals surface area contributed by atoms with Gasteiger partial charge in [0.25, 0.3) is 0 Å². The summed E-state index contributed by atoms with van der Waals surface area (Å²) in [6.07, 6.45) is 4.00. The zero-order valence-electron chi connectivity index (χ0n) is 23.8. The second kappa shape index (κ2) is 11.4. The molecule has 4 heterocycles. The van der Waals surface area contributed by atoms with Crippen LogP contribution in [0, 0.1) is 5.41 Å². The van der Waals surface area contributed by atoms with Crippen LogP contribution in [0.5, 0.6) is 5.75 Å². The third-order valence-corrected chi connectivity index (χ3v) is 9.69. The molecule has 1 unspecified atom stereocenters. The lowest BCUT2D eigenvalue weighted by molar-refractivity contribution is 0.0690. The normalized spacial score (nSPS) is 19.8. The largest absolute Gasteiger partial charge is 0.480 e. The van der Waals surface area contributed by atoms with Gasteiger partial charge < -0.3 is 14.4 Å². The van der Waals surface area contributed by atoms with Gasteiger partial charge in [-0.1, -0.05) is 41.4 Å². The molecule has 7 rings (SSSR count). The Morgan fingerprint density at radius 3 is 2.57 bits per heavy atom. The van der Waals surface area contributed by atoms with Gasteiger partial charge in [0.15, 0.2) is 11.3 Å². The number of aromatic carboxylic acids is 1. The minimum Gasteiger partial charge on any atom is -0.480 e. The molecular formula is C33H30Cl2F2N4O3. The molecule has 1 aliphatic carbocycles. The van der Waals surface area contributed by atoms with E-state index in [9.17, 15) is 14.3 Å². The standard InChI is InChI=1S/C33H30Cl2F2N4O3/c34-20-4-5-22(24(35)14-20)28-15-25(37)23-3-1-2-21(30(23)44-28)19-8-12-40(13-9-19)16-29-38-26-6-7-27(32(42)43)39-31(26)41(29)18-33(17-36)10-11-33/h1-7,14-15,19,28H,8-13,16-18H2,(H,42,43). The number of rotatable bonds is 8. The van der Waals surface area contributed by atoms with E-state index in [1.165, 1.54) is 12.1 Å². The van der Waals surface area contributed by atoms with E-state index in [4.69, 9.17) is 32.9 Å². The van der Waals surface area contributed by atoms with Crippen molar-refractivity contribution in [2.75, 3.05) is 19.8 Å². The predicted molar refractivity (Wildman–Crippen MR) is 165 cm³/mol. The zero-order valence-corrected chi connectivity index (χ0v) is 25.3. The first kappa shape index (κ1) is 29.2. The first-order chi connectivity index (χ1) is 21.2. The Hall–Kier alpha value is -3.53. The fourth-order valence-corrected chi connectivity index (χ4v) is 6.88. The Balaban J connectivity index is 1.10. The summed E-state index contributed by atoms with van der Waals surface area (Å²) in [6, 6.07) is 13.8. The van der Waals surface area contributed by atoms with Crippen molar-refractivity contribution in [1.29, 1.82) is 0 Å². The summed E-state index contributed by atoms with van der Waals surface area (Å²) in [5, 5.41) is 10.4. The van der Waals surface area contributed by atoms with E-state index >= 15 is 4.39 Å². The highest BCUT2D eigenvalue weighted by atomic mass is 35.5. The van der Waals surface area contributed by atoms with Crippen molar-refractivity contribution >= 4 is 46.2 Å². The van der Waals surface area contributed by atoms with E-state index in [1.54, 1.807) is 30.3 Å². The van der Waals surface area contributed by atoms with Crippen molar-refractivity contribution in [3.8, 4) is 5.75 Å². The maximum Gasteiger partial charge on any atom is 0.354 e. The number of hydrogen-bond acceptors (Lipinski definition) is 5. The summed E-state index contributed by atoms with van der Waals surface area (Å²) < 4.78 is 37.6. The Kier molecular flexibility index (Phi) is 7.59. The SMILES string of the molecule is O=C(O)c1ccc2nc(CN3CCC(c4cccc5c4OC(c4ccc(Cl)cc4Cl)C=C5F)CC3)n(CC3(CF)CC3)c2n1. The van der Waals surface area contributed by atoms with Crippen molar-refractivity contribution in [3.63, 3.8) is 0 Å². The number of hydrogen-bond donors (Lipinski definition) is 1. The van der Waals surface area contributed by atoms with Crippen LogP contribution in [0.2, 0.25) is 10.0 Å². The minimum absolute atomic E-state index is 0.0589. The molecule has 1 N–H and O–H groups in total. The van der Waals surface area contributed by atoms with Crippen molar-refractivity contribution in [2.24, 2.45) is 5.41 Å². The molecule has 2 aromatic heterocycles. The van der Waals surface area contributed by atoms with Gasteiger partial charge in [0.2, 0.25) is 0 Å². The number of ether oxygens (including phenoxy) is 1. The number of aromatic nitrogens is 3. The smallest absolute Gasteiger partial charge is 0.354 e. The number of alkyl halides is 1. The molecule has 3 aliphatic rings. The maximum atomic E-state index is 15.4. The van der Waals surface area contributed by atoms with Crippen LogP contribution in [0.15, 0.2) is 54.6 Å². The number of likely N-dealkylation sites (tertiary alicyclic amines) is 1. The monoisotopic (exact) mass is 638 g/mol. The summed E-state index contributed by atoms with van der Waals surface area (Å²) in [5.74, 6) is 0.00337. The Morgan fingerprint density at radius 1 is 1.07 bits per heavy atom. The summed E-state index contributed by atoms with van der Waals surface area (Å²) in [4.78, 5) is 23.1. The number of fused-ring (bicyclic) bond motifs is 2. The topological polar surface area (TPSA) is 80.5 Å². The lowest BCUT2D eigenvalue weighted by Gasteiger charge is -2.34. The van der Waals surface area contributed by atoms with Crippen LogP contribution >= 0.6 is 23.2 Å². The first-order valence-electron chi connectivity index (χ1n) is 14.7. The summed E-state index contributed by atoms with van der Waals surface area (Å²) in [6.45, 7) is 2.06. The van der Waals surface area contributed by atoms with E-state index in [2.05, 4.69) is 9.88 Å². The number of carboxylic acids is 1. The fourth-order valence-electron chi connectivity index (χ4n) is 6.37. The molecule has 1 atom stereocenters. The highest BCUT2D eigenvalue weighted by Crippen LogP contribution is 2.48. The molecule has 11 heteroatoms. The van der Waals surface area contributed by atoms with Crippen LogP contribution in [-0.2, 0) is 13.1 Å². The molecule has 2 aliphatic heterocycles. The summed E-state index contributed by atoms with van der Waals surface area (Å²) >= 11 is 12.5. The molecular weight excluding hydrogens is 609 g/mol. The van der Waals surface area contributed by atoms with Gasteiger partial charge in [0, 0.05) is 27.6 Å². The van der Waals surface area contributed by atoms with E-state index < -0.39 is 24.2 Å². The molecule has 0 radical (unpaired) electrons. The number of piperidine rings is 1. The number of pyridine rings is 1. The third-order valence-electron chi connectivity index (χ3n) is 9.13. The number of carbonyl (C=O) groups is 1. The third kappa shape index (κ3) is 5.46. The molecule has 44 heavy (non-hydrogen) atoms. The van der Waals surface area contributed by atoms with Gasteiger partial charge in [-0.25, -0.2) is 19.2 Å². The highest BCUT2D eigenvalue weighted by molar-refractivity contribution is 6.35. The minimum atomic E-state index is -1.11. The van der Waals surface area contributed by atoms with Crippen molar-refractivity contribution in [2.45, 2.75) is 50.8 Å². The summed E-state index contributed by atoms with van der Waals surface area (Å²) in [5.41, 5.74) is 2.65. The van der Waals surface area contributed by atoms with E-state index in [0.717, 1.165) is 50.2 Å². The van der Waals surface area contributed by atoms with Gasteiger partial charge in [-0.2, -0.15) is 0 Å². The number of benzene rings is 2. The lowest BCUT2D eigenvalue weighted by Crippen LogP contribution is -2.34.